The van der Waals surface area contributed by atoms with Gasteiger partial charge >= 0.3 is 0 Å². The third-order valence-electron chi connectivity index (χ3n) is 4.24. The molecule has 1 aliphatic heterocycles. The van der Waals surface area contributed by atoms with Crippen LogP contribution < -0.4 is 5.73 Å². The van der Waals surface area contributed by atoms with Gasteiger partial charge in [-0.25, -0.2) is 0 Å². The Morgan fingerprint density at radius 3 is 2.11 bits per heavy atom. The van der Waals surface area contributed by atoms with Crippen LogP contribution in [0.15, 0.2) is 0 Å². The molecule has 0 bridgehead atoms. The van der Waals surface area contributed by atoms with Crippen LogP contribution in [0.25, 0.3) is 0 Å². The average Bonchev–Trinajstić information content (AvgIpc) is 2.63. The van der Waals surface area contributed by atoms with E-state index >= 15 is 0 Å². The second-order valence-corrected chi connectivity index (χ2v) is 7.50. The maximum absolute atomic E-state index is 6.40. The summed E-state index contributed by atoms with van der Waals surface area (Å²) >= 11 is 0. The molecule has 1 heterocycles. The van der Waals surface area contributed by atoms with Crippen LogP contribution in [0.1, 0.15) is 53.4 Å². The van der Waals surface area contributed by atoms with Gasteiger partial charge in [0.2, 0.25) is 0 Å². The first-order valence-corrected chi connectivity index (χ1v) is 7.46. The lowest BCUT2D eigenvalue weighted by Gasteiger charge is -2.48. The Morgan fingerprint density at radius 1 is 1.11 bits per heavy atom. The zero-order chi connectivity index (χ0) is 13.4. The van der Waals surface area contributed by atoms with Crippen molar-refractivity contribution in [2.75, 3.05) is 19.6 Å². The summed E-state index contributed by atoms with van der Waals surface area (Å²) in [7, 11) is 0. The molecule has 3 heteroatoms. The van der Waals surface area contributed by atoms with Crippen LogP contribution in [0.5, 0.6) is 0 Å². The van der Waals surface area contributed by atoms with Gasteiger partial charge in [-0.15, -0.1) is 0 Å². The van der Waals surface area contributed by atoms with E-state index in [1.54, 1.807) is 0 Å². The first kappa shape index (κ1) is 14.3. The Bertz CT molecular complexity index is 266. The van der Waals surface area contributed by atoms with E-state index in [1.165, 1.54) is 25.7 Å². The molecule has 0 aromatic heterocycles. The van der Waals surface area contributed by atoms with E-state index in [0.717, 1.165) is 25.6 Å². The Morgan fingerprint density at radius 2 is 1.61 bits per heavy atom. The predicted octanol–water partition coefficient (Wildman–Crippen LogP) is 2.39. The van der Waals surface area contributed by atoms with Gasteiger partial charge in [-0.05, 0) is 46.5 Å². The zero-order valence-electron chi connectivity index (χ0n) is 12.5. The fourth-order valence-electron chi connectivity index (χ4n) is 3.91. The van der Waals surface area contributed by atoms with Crippen molar-refractivity contribution in [2.45, 2.75) is 70.6 Å². The van der Waals surface area contributed by atoms with E-state index in [0.29, 0.717) is 6.04 Å². The minimum Gasteiger partial charge on any atom is -0.367 e. The fraction of sp³-hybridized carbons (Fsp3) is 1.00. The van der Waals surface area contributed by atoms with Crippen molar-refractivity contribution in [2.24, 2.45) is 11.7 Å². The lowest BCUT2D eigenvalue weighted by molar-refractivity contribution is -0.181. The molecule has 0 spiro atoms. The molecule has 0 radical (unpaired) electrons. The summed E-state index contributed by atoms with van der Waals surface area (Å²) in [5.74, 6) is 0.749. The Labute approximate surface area is 112 Å². The third kappa shape index (κ3) is 3.69. The monoisotopic (exact) mass is 254 g/mol. The van der Waals surface area contributed by atoms with Crippen molar-refractivity contribution in [3.63, 3.8) is 0 Å². The van der Waals surface area contributed by atoms with Gasteiger partial charge in [-0.2, -0.15) is 0 Å². The molecule has 1 unspecified atom stereocenters. The van der Waals surface area contributed by atoms with Gasteiger partial charge in [0, 0.05) is 25.7 Å². The van der Waals surface area contributed by atoms with Crippen LogP contribution >= 0.6 is 0 Å². The maximum atomic E-state index is 6.40. The molecule has 106 valence electrons. The van der Waals surface area contributed by atoms with E-state index in [4.69, 9.17) is 10.5 Å². The Hall–Kier alpha value is -0.120. The second kappa shape index (κ2) is 5.10. The maximum Gasteiger partial charge on any atom is 0.0760 e. The number of ether oxygens (including phenoxy) is 1. The molecule has 3 nitrogen and oxygen atoms in total. The molecule has 0 aromatic carbocycles. The normalized spacial score (nSPS) is 30.5. The third-order valence-corrected chi connectivity index (χ3v) is 4.24. The minimum absolute atomic E-state index is 0.0584. The highest BCUT2D eigenvalue weighted by Crippen LogP contribution is 2.30. The number of morpholine rings is 1. The van der Waals surface area contributed by atoms with Crippen LogP contribution in [-0.4, -0.2) is 41.8 Å². The van der Waals surface area contributed by atoms with Crippen molar-refractivity contribution >= 4 is 0 Å². The lowest BCUT2D eigenvalue weighted by atomic mass is 9.95. The molecule has 1 atom stereocenters. The van der Waals surface area contributed by atoms with Gasteiger partial charge in [0.15, 0.2) is 0 Å². The van der Waals surface area contributed by atoms with Crippen molar-refractivity contribution in [1.29, 1.82) is 0 Å². The van der Waals surface area contributed by atoms with E-state index in [9.17, 15) is 0 Å². The van der Waals surface area contributed by atoms with Crippen LogP contribution in [0, 0.1) is 5.92 Å². The smallest absolute Gasteiger partial charge is 0.0760 e. The molecule has 1 saturated heterocycles. The molecule has 2 fully saturated rings. The summed E-state index contributed by atoms with van der Waals surface area (Å²) in [6.07, 6.45) is 5.41. The van der Waals surface area contributed by atoms with Gasteiger partial charge in [0.05, 0.1) is 11.2 Å². The number of nitrogens with zero attached hydrogens (tertiary/aromatic N) is 1. The van der Waals surface area contributed by atoms with Gasteiger partial charge in [-0.1, -0.05) is 12.8 Å². The van der Waals surface area contributed by atoms with Crippen LogP contribution in [0.2, 0.25) is 0 Å². The van der Waals surface area contributed by atoms with Crippen molar-refractivity contribution in [1.82, 2.24) is 4.90 Å². The summed E-state index contributed by atoms with van der Waals surface area (Å²) in [5, 5.41) is 0. The van der Waals surface area contributed by atoms with Crippen molar-refractivity contribution in [3.05, 3.63) is 0 Å². The number of nitrogens with two attached hydrogens (primary N) is 1. The minimum atomic E-state index is -0.0584. The molecular formula is C15H30N2O. The van der Waals surface area contributed by atoms with Crippen LogP contribution in [0.3, 0.4) is 0 Å². The molecule has 2 N–H and O–H groups in total. The number of hydrogen-bond donors (Lipinski definition) is 1. The van der Waals surface area contributed by atoms with Crippen LogP contribution in [0.4, 0.5) is 0 Å². The molecule has 0 amide bonds. The van der Waals surface area contributed by atoms with Gasteiger partial charge in [-0.3, -0.25) is 4.90 Å². The molecule has 1 aliphatic carbocycles. The zero-order valence-corrected chi connectivity index (χ0v) is 12.5. The Balaban J connectivity index is 1.91. The summed E-state index contributed by atoms with van der Waals surface area (Å²) in [6.45, 7) is 11.8. The van der Waals surface area contributed by atoms with Gasteiger partial charge < -0.3 is 10.5 Å². The van der Waals surface area contributed by atoms with Crippen molar-refractivity contribution < 1.29 is 4.74 Å². The standard InChI is InChI=1S/C15H30N2O/c1-14(2)10-17(11-15(3,4)18-14)9-13(16)12-7-5-6-8-12/h12-13H,5-11,16H2,1-4H3. The first-order valence-electron chi connectivity index (χ1n) is 7.46. The molecule has 2 aliphatic rings. The van der Waals surface area contributed by atoms with Crippen LogP contribution in [-0.2, 0) is 4.74 Å². The van der Waals surface area contributed by atoms with Gasteiger partial charge in [0.1, 0.15) is 0 Å². The molecular weight excluding hydrogens is 224 g/mol. The highest BCUT2D eigenvalue weighted by molar-refractivity contribution is 4.91. The second-order valence-electron chi connectivity index (χ2n) is 7.50. The highest BCUT2D eigenvalue weighted by Gasteiger charge is 2.39. The lowest BCUT2D eigenvalue weighted by Crippen LogP contribution is -2.59. The highest BCUT2D eigenvalue weighted by atomic mass is 16.5. The number of hydrogen-bond acceptors (Lipinski definition) is 3. The predicted molar refractivity (Wildman–Crippen MR) is 75.6 cm³/mol. The molecule has 0 aromatic rings. The number of rotatable bonds is 3. The van der Waals surface area contributed by atoms with E-state index in [1.807, 2.05) is 0 Å². The summed E-state index contributed by atoms with van der Waals surface area (Å²) in [4.78, 5) is 2.51. The van der Waals surface area contributed by atoms with Crippen molar-refractivity contribution in [3.8, 4) is 0 Å². The van der Waals surface area contributed by atoms with E-state index in [2.05, 4.69) is 32.6 Å². The Kier molecular flexibility index (Phi) is 4.05. The topological polar surface area (TPSA) is 38.5 Å². The largest absolute Gasteiger partial charge is 0.367 e. The summed E-state index contributed by atoms with van der Waals surface area (Å²) < 4.78 is 6.12. The van der Waals surface area contributed by atoms with Gasteiger partial charge in [0.25, 0.3) is 0 Å². The van der Waals surface area contributed by atoms with E-state index < -0.39 is 0 Å². The SMILES string of the molecule is CC1(C)CN(CC(N)C2CCCC2)CC(C)(C)O1. The first-order chi connectivity index (χ1) is 8.27. The molecule has 1 saturated carbocycles. The fourth-order valence-corrected chi connectivity index (χ4v) is 3.91. The summed E-state index contributed by atoms with van der Waals surface area (Å²) in [5.41, 5.74) is 6.29. The average molecular weight is 254 g/mol. The summed E-state index contributed by atoms with van der Waals surface area (Å²) in [6, 6.07) is 0.345. The van der Waals surface area contributed by atoms with E-state index in [-0.39, 0.29) is 11.2 Å². The molecule has 2 rings (SSSR count). The molecule has 18 heavy (non-hydrogen) atoms. The quantitative estimate of drug-likeness (QED) is 0.840.